The summed E-state index contributed by atoms with van der Waals surface area (Å²) in [5, 5.41) is 0. The highest BCUT2D eigenvalue weighted by Gasteiger charge is 2.31. The van der Waals surface area contributed by atoms with Crippen molar-refractivity contribution in [3.05, 3.63) is 29.3 Å². The highest BCUT2D eigenvalue weighted by atomic mass is 19.4. The fraction of sp³-hybridized carbons (Fsp3) is 0.500. The topological polar surface area (TPSA) is 52.6 Å². The Balaban J connectivity index is 2.53. The second kappa shape index (κ2) is 8.55. The molecule has 0 atom stereocenters. The molecule has 0 aliphatic heterocycles. The zero-order valence-corrected chi connectivity index (χ0v) is 13.0. The maximum absolute atomic E-state index is 12.6. The van der Waals surface area contributed by atoms with Gasteiger partial charge in [-0.3, -0.25) is 9.59 Å². The van der Waals surface area contributed by atoms with E-state index in [1.807, 2.05) is 13.8 Å². The Morgan fingerprint density at radius 2 is 2.00 bits per heavy atom. The Hall–Kier alpha value is -2.05. The summed E-state index contributed by atoms with van der Waals surface area (Å²) in [6.07, 6.45) is -3.71. The lowest BCUT2D eigenvalue weighted by atomic mass is 10.1. The average molecular weight is 332 g/mol. The van der Waals surface area contributed by atoms with Gasteiger partial charge >= 0.3 is 12.1 Å². The van der Waals surface area contributed by atoms with E-state index in [1.54, 1.807) is 0 Å². The van der Waals surface area contributed by atoms with Crippen molar-refractivity contribution in [1.29, 1.82) is 0 Å². The number of rotatable bonds is 8. The van der Waals surface area contributed by atoms with Gasteiger partial charge in [0.1, 0.15) is 5.75 Å². The molecule has 128 valence electrons. The van der Waals surface area contributed by atoms with Crippen LogP contribution < -0.4 is 4.74 Å². The van der Waals surface area contributed by atoms with E-state index < -0.39 is 11.7 Å². The van der Waals surface area contributed by atoms with Crippen LogP contribution in [0, 0.1) is 5.92 Å². The van der Waals surface area contributed by atoms with Crippen molar-refractivity contribution in [2.24, 2.45) is 5.92 Å². The van der Waals surface area contributed by atoms with Crippen molar-refractivity contribution in [2.75, 3.05) is 13.2 Å². The van der Waals surface area contributed by atoms with Crippen LogP contribution in [0.2, 0.25) is 0 Å². The Morgan fingerprint density at radius 1 is 1.30 bits per heavy atom. The van der Waals surface area contributed by atoms with Crippen LogP contribution in [0.25, 0.3) is 0 Å². The molecule has 0 aliphatic rings. The van der Waals surface area contributed by atoms with Crippen LogP contribution in [0.1, 0.15) is 42.6 Å². The van der Waals surface area contributed by atoms with Crippen LogP contribution in [0.4, 0.5) is 13.2 Å². The molecule has 0 aromatic heterocycles. The zero-order valence-electron chi connectivity index (χ0n) is 13.0. The molecule has 0 aliphatic carbocycles. The predicted molar refractivity (Wildman–Crippen MR) is 77.4 cm³/mol. The molecule has 1 aromatic rings. The van der Waals surface area contributed by atoms with Gasteiger partial charge in [-0.25, -0.2) is 0 Å². The summed E-state index contributed by atoms with van der Waals surface area (Å²) in [6, 6.07) is 2.66. The van der Waals surface area contributed by atoms with Gasteiger partial charge in [-0.2, -0.15) is 13.2 Å². The molecular weight excluding hydrogens is 313 g/mol. The minimum atomic E-state index is -4.51. The minimum Gasteiger partial charge on any atom is -0.493 e. The van der Waals surface area contributed by atoms with Gasteiger partial charge in [-0.1, -0.05) is 13.8 Å². The van der Waals surface area contributed by atoms with E-state index in [1.165, 1.54) is 0 Å². The summed E-state index contributed by atoms with van der Waals surface area (Å²) < 4.78 is 48.1. The number of carbonyl (C=O) groups excluding carboxylic acids is 2. The molecule has 4 nitrogen and oxygen atoms in total. The maximum atomic E-state index is 12.6. The first kappa shape index (κ1) is 19.0. The number of ether oxygens (including phenoxy) is 2. The molecule has 0 radical (unpaired) electrons. The third kappa shape index (κ3) is 6.71. The second-order valence-electron chi connectivity index (χ2n) is 5.40. The van der Waals surface area contributed by atoms with E-state index in [-0.39, 0.29) is 42.6 Å². The molecule has 23 heavy (non-hydrogen) atoms. The average Bonchev–Trinajstić information content (AvgIpc) is 2.48. The van der Waals surface area contributed by atoms with E-state index in [9.17, 15) is 22.8 Å². The third-order valence-corrected chi connectivity index (χ3v) is 2.83. The molecule has 1 aromatic carbocycles. The van der Waals surface area contributed by atoms with Gasteiger partial charge in [-0.05, 0) is 30.5 Å². The second-order valence-corrected chi connectivity index (χ2v) is 5.40. The normalized spacial score (nSPS) is 11.4. The maximum Gasteiger partial charge on any atom is 0.416 e. The molecule has 0 spiro atoms. The molecule has 0 unspecified atom stereocenters. The fourth-order valence-electron chi connectivity index (χ4n) is 1.66. The molecule has 0 fully saturated rings. The Labute approximate surface area is 132 Å². The lowest BCUT2D eigenvalue weighted by molar-refractivity contribution is -0.145. The molecule has 0 heterocycles. The van der Waals surface area contributed by atoms with Gasteiger partial charge in [0.05, 0.1) is 24.3 Å². The number of halogens is 3. The molecule has 0 N–H and O–H groups in total. The lowest BCUT2D eigenvalue weighted by Gasteiger charge is -2.12. The monoisotopic (exact) mass is 332 g/mol. The number of aldehydes is 1. The van der Waals surface area contributed by atoms with Crippen LogP contribution in [0.15, 0.2) is 18.2 Å². The molecule has 0 amide bonds. The van der Waals surface area contributed by atoms with E-state index in [0.717, 1.165) is 18.2 Å². The van der Waals surface area contributed by atoms with Crippen LogP contribution in [0.5, 0.6) is 5.75 Å². The summed E-state index contributed by atoms with van der Waals surface area (Å²) in [5.74, 6) is -0.303. The van der Waals surface area contributed by atoms with Gasteiger partial charge < -0.3 is 9.47 Å². The predicted octanol–water partition coefficient (Wildman–Crippen LogP) is 3.88. The largest absolute Gasteiger partial charge is 0.493 e. The first-order chi connectivity index (χ1) is 10.7. The van der Waals surface area contributed by atoms with E-state index in [4.69, 9.17) is 9.47 Å². The number of hydrogen-bond acceptors (Lipinski definition) is 4. The summed E-state index contributed by atoms with van der Waals surface area (Å²) in [6.45, 7) is 4.15. The standard InChI is InChI=1S/C16H19F3O4/c1-11(2)10-23-15(21)4-3-7-22-14-8-13(16(17,18)19)6-5-12(14)9-20/h5-6,8-9,11H,3-4,7,10H2,1-2H3. The molecular formula is C16H19F3O4. The molecule has 7 heteroatoms. The Kier molecular flexibility index (Phi) is 7.06. The number of alkyl halides is 3. The number of benzene rings is 1. The first-order valence-corrected chi connectivity index (χ1v) is 7.19. The van der Waals surface area contributed by atoms with E-state index >= 15 is 0 Å². The highest BCUT2D eigenvalue weighted by Crippen LogP contribution is 2.32. The van der Waals surface area contributed by atoms with Crippen molar-refractivity contribution in [2.45, 2.75) is 32.9 Å². The minimum absolute atomic E-state index is 0.0128. The zero-order chi connectivity index (χ0) is 17.5. The van der Waals surface area contributed by atoms with E-state index in [0.29, 0.717) is 12.9 Å². The van der Waals surface area contributed by atoms with Crippen molar-refractivity contribution in [3.63, 3.8) is 0 Å². The van der Waals surface area contributed by atoms with Gasteiger partial charge in [0.2, 0.25) is 0 Å². The summed E-state index contributed by atoms with van der Waals surface area (Å²) in [5.41, 5.74) is -0.866. The van der Waals surface area contributed by atoms with Crippen LogP contribution in [-0.4, -0.2) is 25.5 Å². The molecule has 0 bridgehead atoms. The first-order valence-electron chi connectivity index (χ1n) is 7.19. The van der Waals surface area contributed by atoms with Crippen LogP contribution >= 0.6 is 0 Å². The lowest BCUT2D eigenvalue weighted by Crippen LogP contribution is -2.11. The SMILES string of the molecule is CC(C)COC(=O)CCCOc1cc(C(F)(F)F)ccc1C=O. The molecule has 0 saturated carbocycles. The van der Waals surface area contributed by atoms with Crippen molar-refractivity contribution in [3.8, 4) is 5.75 Å². The summed E-state index contributed by atoms with van der Waals surface area (Å²) in [4.78, 5) is 22.2. The highest BCUT2D eigenvalue weighted by molar-refractivity contribution is 5.79. The number of carbonyl (C=O) groups is 2. The van der Waals surface area contributed by atoms with Gasteiger partial charge in [0, 0.05) is 6.42 Å². The number of esters is 1. The van der Waals surface area contributed by atoms with Crippen molar-refractivity contribution in [1.82, 2.24) is 0 Å². The van der Waals surface area contributed by atoms with Crippen molar-refractivity contribution >= 4 is 12.3 Å². The Morgan fingerprint density at radius 3 is 2.57 bits per heavy atom. The van der Waals surface area contributed by atoms with Crippen molar-refractivity contribution < 1.29 is 32.2 Å². The van der Waals surface area contributed by atoms with Gasteiger partial charge in [0.15, 0.2) is 6.29 Å². The van der Waals surface area contributed by atoms with E-state index in [2.05, 4.69) is 0 Å². The van der Waals surface area contributed by atoms with Gasteiger partial charge in [-0.15, -0.1) is 0 Å². The smallest absolute Gasteiger partial charge is 0.416 e. The quantitative estimate of drug-likeness (QED) is 0.412. The number of hydrogen-bond donors (Lipinski definition) is 0. The third-order valence-electron chi connectivity index (χ3n) is 2.83. The Bertz CT molecular complexity index is 539. The van der Waals surface area contributed by atoms with Crippen LogP contribution in [0.3, 0.4) is 0 Å². The molecule has 1 rings (SSSR count). The summed E-state index contributed by atoms with van der Waals surface area (Å²) in [7, 11) is 0. The van der Waals surface area contributed by atoms with Crippen LogP contribution in [-0.2, 0) is 15.7 Å². The fourth-order valence-corrected chi connectivity index (χ4v) is 1.66. The summed E-state index contributed by atoms with van der Waals surface area (Å²) >= 11 is 0. The van der Waals surface area contributed by atoms with Gasteiger partial charge in [0.25, 0.3) is 0 Å². The molecule has 0 saturated heterocycles.